The standard InChI is InChI=1S/C27H33N5O3/c1-4-21(3)32(27(34)24-7-5-18-35-24)19-26(33)31-15-6-14-30(16-17-31)25-13-12-23(28-29-25)22-10-8-20(2)9-11-22/h5,7-13,18,21H,4,6,14-17,19H2,1-3H3. The molecule has 1 atom stereocenters. The Balaban J connectivity index is 1.38. The zero-order valence-electron chi connectivity index (χ0n) is 20.7. The monoisotopic (exact) mass is 475 g/mol. The first kappa shape index (κ1) is 24.4. The summed E-state index contributed by atoms with van der Waals surface area (Å²) in [6.07, 6.45) is 3.05. The molecule has 1 aliphatic rings. The van der Waals surface area contributed by atoms with Crippen LogP contribution in [-0.2, 0) is 4.79 Å². The molecule has 0 N–H and O–H groups in total. The number of hydrogen-bond acceptors (Lipinski definition) is 6. The molecule has 0 radical (unpaired) electrons. The van der Waals surface area contributed by atoms with E-state index in [0.29, 0.717) is 19.6 Å². The molecule has 35 heavy (non-hydrogen) atoms. The van der Waals surface area contributed by atoms with Crippen molar-refractivity contribution >= 4 is 17.6 Å². The van der Waals surface area contributed by atoms with Crippen molar-refractivity contribution < 1.29 is 14.0 Å². The molecular formula is C27H33N5O3. The van der Waals surface area contributed by atoms with Crippen molar-refractivity contribution in [3.63, 3.8) is 0 Å². The Labute approximate surface area is 206 Å². The lowest BCUT2D eigenvalue weighted by molar-refractivity contribution is -0.132. The Morgan fingerprint density at radius 1 is 1.03 bits per heavy atom. The molecule has 1 fully saturated rings. The van der Waals surface area contributed by atoms with Gasteiger partial charge in [-0.2, -0.15) is 0 Å². The van der Waals surface area contributed by atoms with Gasteiger partial charge in [0.25, 0.3) is 5.91 Å². The maximum Gasteiger partial charge on any atom is 0.290 e. The highest BCUT2D eigenvalue weighted by molar-refractivity contribution is 5.94. The Bertz CT molecular complexity index is 1110. The van der Waals surface area contributed by atoms with E-state index in [2.05, 4.69) is 34.2 Å². The number of aryl methyl sites for hydroxylation is 1. The van der Waals surface area contributed by atoms with Gasteiger partial charge < -0.3 is 19.1 Å². The quantitative estimate of drug-likeness (QED) is 0.513. The van der Waals surface area contributed by atoms with Crippen molar-refractivity contribution in [1.82, 2.24) is 20.0 Å². The minimum atomic E-state index is -0.252. The van der Waals surface area contributed by atoms with Crippen LogP contribution in [0.1, 0.15) is 42.8 Å². The van der Waals surface area contributed by atoms with Crippen LogP contribution in [0.4, 0.5) is 5.82 Å². The molecule has 4 rings (SSSR count). The molecule has 1 aromatic carbocycles. The fraction of sp³-hybridized carbons (Fsp3) is 0.407. The van der Waals surface area contributed by atoms with Crippen molar-refractivity contribution in [1.29, 1.82) is 0 Å². The predicted octanol–water partition coefficient (Wildman–Crippen LogP) is 4.02. The van der Waals surface area contributed by atoms with Gasteiger partial charge in [-0.25, -0.2) is 0 Å². The van der Waals surface area contributed by atoms with Gasteiger partial charge in [-0.3, -0.25) is 9.59 Å². The summed E-state index contributed by atoms with van der Waals surface area (Å²) < 4.78 is 5.29. The van der Waals surface area contributed by atoms with Gasteiger partial charge in [-0.1, -0.05) is 36.8 Å². The van der Waals surface area contributed by atoms with Gasteiger partial charge in [-0.15, -0.1) is 10.2 Å². The van der Waals surface area contributed by atoms with Gasteiger partial charge in [0, 0.05) is 37.8 Å². The minimum Gasteiger partial charge on any atom is -0.459 e. The number of carbonyl (C=O) groups excluding carboxylic acids is 2. The summed E-state index contributed by atoms with van der Waals surface area (Å²) in [5.41, 5.74) is 3.09. The Hall–Kier alpha value is -3.68. The Kier molecular flexibility index (Phi) is 7.80. The van der Waals surface area contributed by atoms with Crippen LogP contribution in [0.25, 0.3) is 11.3 Å². The molecule has 1 unspecified atom stereocenters. The predicted molar refractivity (Wildman–Crippen MR) is 135 cm³/mol. The van der Waals surface area contributed by atoms with Crippen LogP contribution < -0.4 is 4.90 Å². The average Bonchev–Trinajstić information content (AvgIpc) is 3.31. The number of anilines is 1. The maximum absolute atomic E-state index is 13.2. The van der Waals surface area contributed by atoms with E-state index in [9.17, 15) is 9.59 Å². The van der Waals surface area contributed by atoms with Crippen molar-refractivity contribution in [3.8, 4) is 11.3 Å². The van der Waals surface area contributed by atoms with E-state index in [1.165, 1.54) is 11.8 Å². The summed E-state index contributed by atoms with van der Waals surface area (Å²) in [4.78, 5) is 31.7. The molecule has 2 aromatic heterocycles. The number of hydrogen-bond donors (Lipinski definition) is 0. The highest BCUT2D eigenvalue weighted by Crippen LogP contribution is 2.20. The van der Waals surface area contributed by atoms with Crippen LogP contribution >= 0.6 is 0 Å². The van der Waals surface area contributed by atoms with E-state index < -0.39 is 0 Å². The van der Waals surface area contributed by atoms with Crippen LogP contribution in [0, 0.1) is 6.92 Å². The van der Waals surface area contributed by atoms with Crippen molar-refractivity contribution in [2.24, 2.45) is 0 Å². The number of carbonyl (C=O) groups is 2. The lowest BCUT2D eigenvalue weighted by Crippen LogP contribution is -2.47. The Morgan fingerprint density at radius 2 is 1.83 bits per heavy atom. The molecule has 1 saturated heterocycles. The van der Waals surface area contributed by atoms with E-state index in [1.54, 1.807) is 17.0 Å². The SMILES string of the molecule is CCC(C)N(CC(=O)N1CCCN(c2ccc(-c3ccc(C)cc3)nn2)CC1)C(=O)c1ccco1. The number of aromatic nitrogens is 2. The topological polar surface area (TPSA) is 82.8 Å². The molecule has 8 heteroatoms. The van der Waals surface area contributed by atoms with Gasteiger partial charge in [0.1, 0.15) is 6.54 Å². The molecule has 2 amide bonds. The molecule has 3 heterocycles. The van der Waals surface area contributed by atoms with Gasteiger partial charge in [0.15, 0.2) is 11.6 Å². The third kappa shape index (κ3) is 5.88. The number of rotatable bonds is 7. The van der Waals surface area contributed by atoms with Gasteiger partial charge in [0.05, 0.1) is 12.0 Å². The lowest BCUT2D eigenvalue weighted by Gasteiger charge is -2.30. The fourth-order valence-electron chi connectivity index (χ4n) is 4.20. The number of amides is 2. The first-order valence-electron chi connectivity index (χ1n) is 12.2. The fourth-order valence-corrected chi connectivity index (χ4v) is 4.20. The summed E-state index contributed by atoms with van der Waals surface area (Å²) in [7, 11) is 0. The molecule has 0 aliphatic carbocycles. The van der Waals surface area contributed by atoms with Crippen molar-refractivity contribution in [2.75, 3.05) is 37.6 Å². The van der Waals surface area contributed by atoms with E-state index in [1.807, 2.05) is 43.0 Å². The molecule has 0 saturated carbocycles. The second-order valence-corrected chi connectivity index (χ2v) is 9.03. The number of nitrogens with zero attached hydrogens (tertiary/aromatic N) is 5. The zero-order chi connectivity index (χ0) is 24.8. The molecule has 1 aliphatic heterocycles. The van der Waals surface area contributed by atoms with Crippen molar-refractivity contribution in [3.05, 3.63) is 66.1 Å². The highest BCUT2D eigenvalue weighted by Gasteiger charge is 2.28. The smallest absolute Gasteiger partial charge is 0.290 e. The third-order valence-corrected chi connectivity index (χ3v) is 6.59. The molecule has 0 spiro atoms. The van der Waals surface area contributed by atoms with E-state index >= 15 is 0 Å². The molecule has 0 bridgehead atoms. The minimum absolute atomic E-state index is 0.0413. The summed E-state index contributed by atoms with van der Waals surface area (Å²) in [6, 6.07) is 15.5. The van der Waals surface area contributed by atoms with Crippen LogP contribution in [-0.4, -0.2) is 70.6 Å². The average molecular weight is 476 g/mol. The molecule has 8 nitrogen and oxygen atoms in total. The second kappa shape index (κ2) is 11.2. The number of benzene rings is 1. The van der Waals surface area contributed by atoms with Crippen molar-refractivity contribution in [2.45, 2.75) is 39.7 Å². The largest absolute Gasteiger partial charge is 0.459 e. The van der Waals surface area contributed by atoms with Gasteiger partial charge in [-0.05, 0) is 51.0 Å². The summed E-state index contributed by atoms with van der Waals surface area (Å²) in [5, 5.41) is 8.88. The zero-order valence-corrected chi connectivity index (χ0v) is 20.7. The van der Waals surface area contributed by atoms with Crippen LogP contribution in [0.2, 0.25) is 0 Å². The molecule has 184 valence electrons. The first-order chi connectivity index (χ1) is 17.0. The summed E-state index contributed by atoms with van der Waals surface area (Å²) in [5.74, 6) is 0.767. The van der Waals surface area contributed by atoms with Crippen LogP contribution in [0.15, 0.2) is 59.2 Å². The third-order valence-electron chi connectivity index (χ3n) is 6.59. The van der Waals surface area contributed by atoms with Gasteiger partial charge >= 0.3 is 0 Å². The van der Waals surface area contributed by atoms with Crippen LogP contribution in [0.5, 0.6) is 0 Å². The normalized spacial score (nSPS) is 14.9. The maximum atomic E-state index is 13.2. The second-order valence-electron chi connectivity index (χ2n) is 9.03. The molecular weight excluding hydrogens is 442 g/mol. The van der Waals surface area contributed by atoms with Gasteiger partial charge in [0.2, 0.25) is 5.91 Å². The van der Waals surface area contributed by atoms with Crippen LogP contribution in [0.3, 0.4) is 0 Å². The summed E-state index contributed by atoms with van der Waals surface area (Å²) >= 11 is 0. The highest BCUT2D eigenvalue weighted by atomic mass is 16.3. The molecule has 3 aromatic rings. The first-order valence-corrected chi connectivity index (χ1v) is 12.2. The Morgan fingerprint density at radius 3 is 2.49 bits per heavy atom. The number of furan rings is 1. The van der Waals surface area contributed by atoms with E-state index in [0.717, 1.165) is 36.5 Å². The van der Waals surface area contributed by atoms with E-state index in [4.69, 9.17) is 4.42 Å². The lowest BCUT2D eigenvalue weighted by atomic mass is 10.1. The van der Waals surface area contributed by atoms with E-state index in [-0.39, 0.29) is 30.2 Å². The summed E-state index contributed by atoms with van der Waals surface area (Å²) in [6.45, 7) is 8.74.